The number of nitrogens with zero attached hydrogens (tertiary/aromatic N) is 1. The molecule has 2 aliphatic rings. The topological polar surface area (TPSA) is 35.5 Å². The minimum absolute atomic E-state index is 0.274. The molecule has 0 aromatic rings. The summed E-state index contributed by atoms with van der Waals surface area (Å²) in [5.74, 6) is 0. The molecule has 2 N–H and O–H groups in total. The van der Waals surface area contributed by atoms with Gasteiger partial charge in [-0.15, -0.1) is 0 Å². The fourth-order valence-electron chi connectivity index (χ4n) is 2.89. The molecule has 1 saturated carbocycles. The summed E-state index contributed by atoms with van der Waals surface area (Å²) in [6.45, 7) is 5.89. The van der Waals surface area contributed by atoms with Gasteiger partial charge in [0, 0.05) is 30.7 Å². The van der Waals surface area contributed by atoms with E-state index < -0.39 is 0 Å². The molecule has 0 amide bonds. The van der Waals surface area contributed by atoms with E-state index in [9.17, 15) is 5.11 Å². The van der Waals surface area contributed by atoms with Gasteiger partial charge in [0.1, 0.15) is 0 Å². The van der Waals surface area contributed by atoms with Crippen LogP contribution in [0.3, 0.4) is 0 Å². The molecule has 1 heterocycles. The Bertz CT molecular complexity index is 218. The molecule has 0 bridgehead atoms. The summed E-state index contributed by atoms with van der Waals surface area (Å²) >= 11 is 0. The Morgan fingerprint density at radius 1 is 1.31 bits per heavy atom. The molecular weight excluding hydrogens is 200 g/mol. The Morgan fingerprint density at radius 3 is 2.62 bits per heavy atom. The van der Waals surface area contributed by atoms with Crippen LogP contribution < -0.4 is 5.32 Å². The minimum Gasteiger partial charge on any atom is -0.395 e. The lowest BCUT2D eigenvalue weighted by Gasteiger charge is -2.31. The van der Waals surface area contributed by atoms with Gasteiger partial charge in [-0.05, 0) is 39.0 Å². The van der Waals surface area contributed by atoms with Crippen LogP contribution in [0.1, 0.15) is 46.0 Å². The van der Waals surface area contributed by atoms with Crippen molar-refractivity contribution in [3.8, 4) is 0 Å². The lowest BCUT2D eigenvalue weighted by atomic mass is 10.1. The molecule has 0 spiro atoms. The highest BCUT2D eigenvalue weighted by atomic mass is 16.3. The number of rotatable bonds is 6. The Hall–Kier alpha value is -0.120. The van der Waals surface area contributed by atoms with E-state index >= 15 is 0 Å². The maximum Gasteiger partial charge on any atom is 0.0597 e. The lowest BCUT2D eigenvalue weighted by Crippen LogP contribution is -2.47. The lowest BCUT2D eigenvalue weighted by molar-refractivity contribution is 0.143. The second kappa shape index (κ2) is 5.48. The van der Waals surface area contributed by atoms with Gasteiger partial charge in [-0.1, -0.05) is 6.92 Å². The van der Waals surface area contributed by atoms with Crippen molar-refractivity contribution in [1.82, 2.24) is 10.2 Å². The standard InChI is InChI=1S/C13H26N2O/c1-3-13-7-4-10(2)15(13)8-12(9-16)14-11-5-6-11/h10-14,16H,3-9H2,1-2H3. The highest BCUT2D eigenvalue weighted by molar-refractivity contribution is 4.90. The molecule has 3 heteroatoms. The highest BCUT2D eigenvalue weighted by Gasteiger charge is 2.32. The van der Waals surface area contributed by atoms with Crippen LogP contribution in [0, 0.1) is 0 Å². The molecular formula is C13H26N2O. The summed E-state index contributed by atoms with van der Waals surface area (Å²) in [7, 11) is 0. The maximum atomic E-state index is 9.42. The van der Waals surface area contributed by atoms with Gasteiger partial charge in [-0.25, -0.2) is 0 Å². The zero-order valence-corrected chi connectivity index (χ0v) is 10.7. The maximum absolute atomic E-state index is 9.42. The summed E-state index contributed by atoms with van der Waals surface area (Å²) in [5, 5.41) is 13.0. The summed E-state index contributed by atoms with van der Waals surface area (Å²) in [5.41, 5.74) is 0. The van der Waals surface area contributed by atoms with Crippen LogP contribution in [0.2, 0.25) is 0 Å². The zero-order valence-electron chi connectivity index (χ0n) is 10.7. The van der Waals surface area contributed by atoms with E-state index in [2.05, 4.69) is 24.1 Å². The van der Waals surface area contributed by atoms with E-state index in [1.807, 2.05) is 0 Å². The quantitative estimate of drug-likeness (QED) is 0.718. The molecule has 3 atom stereocenters. The molecule has 2 fully saturated rings. The predicted octanol–water partition coefficient (Wildman–Crippen LogP) is 1.36. The summed E-state index contributed by atoms with van der Waals surface area (Å²) in [6.07, 6.45) is 6.48. The Balaban J connectivity index is 1.84. The first kappa shape index (κ1) is 12.3. The monoisotopic (exact) mass is 226 g/mol. The van der Waals surface area contributed by atoms with E-state index in [0.29, 0.717) is 12.1 Å². The first-order chi connectivity index (χ1) is 7.74. The van der Waals surface area contributed by atoms with Gasteiger partial charge in [-0.3, -0.25) is 4.90 Å². The number of hydrogen-bond acceptors (Lipinski definition) is 3. The van der Waals surface area contributed by atoms with Gasteiger partial charge in [0.05, 0.1) is 6.61 Å². The van der Waals surface area contributed by atoms with Gasteiger partial charge in [0.15, 0.2) is 0 Å². The third kappa shape index (κ3) is 2.96. The van der Waals surface area contributed by atoms with Gasteiger partial charge < -0.3 is 10.4 Å². The third-order valence-corrected chi connectivity index (χ3v) is 4.12. The van der Waals surface area contributed by atoms with Crippen molar-refractivity contribution in [3.63, 3.8) is 0 Å². The molecule has 0 aromatic carbocycles. The second-order valence-corrected chi connectivity index (χ2v) is 5.51. The molecule has 94 valence electrons. The first-order valence-corrected chi connectivity index (χ1v) is 6.87. The van der Waals surface area contributed by atoms with Gasteiger partial charge >= 0.3 is 0 Å². The summed E-state index contributed by atoms with van der Waals surface area (Å²) in [6, 6.07) is 2.40. The van der Waals surface area contributed by atoms with Crippen LogP contribution in [0.15, 0.2) is 0 Å². The smallest absolute Gasteiger partial charge is 0.0597 e. The van der Waals surface area contributed by atoms with Gasteiger partial charge in [0.2, 0.25) is 0 Å². The minimum atomic E-state index is 0.274. The normalized spacial score (nSPS) is 33.2. The fourth-order valence-corrected chi connectivity index (χ4v) is 2.89. The van der Waals surface area contributed by atoms with E-state index in [-0.39, 0.29) is 12.6 Å². The second-order valence-electron chi connectivity index (χ2n) is 5.51. The molecule has 1 aliphatic heterocycles. The average Bonchev–Trinajstić information content (AvgIpc) is 3.03. The van der Waals surface area contributed by atoms with Crippen LogP contribution in [-0.2, 0) is 0 Å². The average molecular weight is 226 g/mol. The molecule has 3 nitrogen and oxygen atoms in total. The SMILES string of the molecule is CCC1CCC(C)N1CC(CO)NC1CC1. The number of nitrogens with one attached hydrogen (secondary N) is 1. The predicted molar refractivity (Wildman–Crippen MR) is 66.5 cm³/mol. The van der Waals surface area contributed by atoms with Crippen LogP contribution in [0.5, 0.6) is 0 Å². The van der Waals surface area contributed by atoms with E-state index in [1.54, 1.807) is 0 Å². The number of aliphatic hydroxyl groups is 1. The summed E-state index contributed by atoms with van der Waals surface area (Å²) in [4.78, 5) is 2.59. The molecule has 16 heavy (non-hydrogen) atoms. The Labute approximate surface area is 99.2 Å². The molecule has 3 unspecified atom stereocenters. The zero-order chi connectivity index (χ0) is 11.5. The van der Waals surface area contributed by atoms with Crippen molar-refractivity contribution in [3.05, 3.63) is 0 Å². The van der Waals surface area contributed by atoms with E-state index in [0.717, 1.165) is 12.6 Å². The van der Waals surface area contributed by atoms with Crippen molar-refractivity contribution in [2.75, 3.05) is 13.2 Å². The number of hydrogen-bond donors (Lipinski definition) is 2. The van der Waals surface area contributed by atoms with Crippen LogP contribution in [0.4, 0.5) is 0 Å². The summed E-state index contributed by atoms with van der Waals surface area (Å²) < 4.78 is 0. The third-order valence-electron chi connectivity index (χ3n) is 4.12. The largest absolute Gasteiger partial charge is 0.395 e. The van der Waals surface area contributed by atoms with Crippen molar-refractivity contribution < 1.29 is 5.11 Å². The van der Waals surface area contributed by atoms with Crippen molar-refractivity contribution >= 4 is 0 Å². The van der Waals surface area contributed by atoms with Crippen LogP contribution >= 0.6 is 0 Å². The van der Waals surface area contributed by atoms with E-state index in [1.165, 1.54) is 32.1 Å². The molecule has 0 aromatic heterocycles. The molecule has 1 aliphatic carbocycles. The van der Waals surface area contributed by atoms with Crippen molar-refractivity contribution in [2.24, 2.45) is 0 Å². The molecule has 0 radical (unpaired) electrons. The molecule has 1 saturated heterocycles. The van der Waals surface area contributed by atoms with E-state index in [4.69, 9.17) is 0 Å². The number of aliphatic hydroxyl groups excluding tert-OH is 1. The Morgan fingerprint density at radius 2 is 2.06 bits per heavy atom. The van der Waals surface area contributed by atoms with Gasteiger partial charge in [-0.2, -0.15) is 0 Å². The first-order valence-electron chi connectivity index (χ1n) is 6.87. The van der Waals surface area contributed by atoms with Crippen molar-refractivity contribution in [2.45, 2.75) is 70.1 Å². The van der Waals surface area contributed by atoms with Crippen LogP contribution in [-0.4, -0.2) is 47.3 Å². The van der Waals surface area contributed by atoms with Gasteiger partial charge in [0.25, 0.3) is 0 Å². The highest BCUT2D eigenvalue weighted by Crippen LogP contribution is 2.26. The fraction of sp³-hybridized carbons (Fsp3) is 1.00. The van der Waals surface area contributed by atoms with Crippen molar-refractivity contribution in [1.29, 1.82) is 0 Å². The molecule has 2 rings (SSSR count). The Kier molecular flexibility index (Phi) is 4.22. The number of likely N-dealkylation sites (tertiary alicyclic amines) is 1. The van der Waals surface area contributed by atoms with Crippen LogP contribution in [0.25, 0.3) is 0 Å².